The van der Waals surface area contributed by atoms with Crippen molar-refractivity contribution < 1.29 is 23.5 Å². The Labute approximate surface area is 187 Å². The molecule has 0 aromatic heterocycles. The van der Waals surface area contributed by atoms with Crippen molar-refractivity contribution in [1.29, 1.82) is 0 Å². The van der Waals surface area contributed by atoms with E-state index in [9.17, 15) is 14.0 Å². The summed E-state index contributed by atoms with van der Waals surface area (Å²) in [6.45, 7) is 5.24. The summed E-state index contributed by atoms with van der Waals surface area (Å²) >= 11 is 0. The van der Waals surface area contributed by atoms with Gasteiger partial charge in [-0.15, -0.1) is 0 Å². The van der Waals surface area contributed by atoms with Crippen molar-refractivity contribution >= 4 is 12.0 Å². The third-order valence-corrected chi connectivity index (χ3v) is 5.23. The Morgan fingerprint density at radius 3 is 2.50 bits per heavy atom. The summed E-state index contributed by atoms with van der Waals surface area (Å²) in [4.78, 5) is 27.3. The van der Waals surface area contributed by atoms with Crippen LogP contribution in [0.5, 0.6) is 5.75 Å². The first-order valence-electron chi connectivity index (χ1n) is 10.5. The van der Waals surface area contributed by atoms with Crippen LogP contribution >= 0.6 is 0 Å². The SMILES string of the molecule is CCOC(=O)C1=C(CN(CC)Cc2ccc(OC)c(F)c2)NC(=O)NC1c1ccccc1. The van der Waals surface area contributed by atoms with Crippen molar-refractivity contribution in [2.24, 2.45) is 0 Å². The highest BCUT2D eigenvalue weighted by molar-refractivity contribution is 5.95. The van der Waals surface area contributed by atoms with Crippen LogP contribution in [-0.2, 0) is 16.1 Å². The van der Waals surface area contributed by atoms with Gasteiger partial charge in [0.1, 0.15) is 0 Å². The molecule has 0 fully saturated rings. The molecular weight excluding hydrogens is 413 g/mol. The summed E-state index contributed by atoms with van der Waals surface area (Å²) in [6, 6.07) is 13.0. The molecule has 0 bridgehead atoms. The van der Waals surface area contributed by atoms with E-state index in [1.54, 1.807) is 19.1 Å². The lowest BCUT2D eigenvalue weighted by Crippen LogP contribution is -2.48. The molecule has 170 valence electrons. The zero-order chi connectivity index (χ0) is 23.1. The molecule has 7 nitrogen and oxygen atoms in total. The lowest BCUT2D eigenvalue weighted by Gasteiger charge is -2.32. The molecule has 0 saturated heterocycles. The van der Waals surface area contributed by atoms with Gasteiger partial charge in [-0.1, -0.05) is 43.3 Å². The Bertz CT molecular complexity index is 994. The number of halogens is 1. The smallest absolute Gasteiger partial charge is 0.338 e. The Hall–Kier alpha value is -3.39. The minimum Gasteiger partial charge on any atom is -0.494 e. The highest BCUT2D eigenvalue weighted by Gasteiger charge is 2.34. The molecule has 1 aliphatic rings. The number of esters is 1. The highest BCUT2D eigenvalue weighted by atomic mass is 19.1. The van der Waals surface area contributed by atoms with E-state index >= 15 is 0 Å². The largest absolute Gasteiger partial charge is 0.494 e. The summed E-state index contributed by atoms with van der Waals surface area (Å²) in [5.74, 6) is -0.748. The topological polar surface area (TPSA) is 79.9 Å². The van der Waals surface area contributed by atoms with Crippen LogP contribution in [-0.4, -0.2) is 43.7 Å². The Morgan fingerprint density at radius 1 is 1.12 bits per heavy atom. The zero-order valence-corrected chi connectivity index (χ0v) is 18.5. The molecule has 2 amide bonds. The monoisotopic (exact) mass is 441 g/mol. The van der Waals surface area contributed by atoms with Gasteiger partial charge in [0.2, 0.25) is 0 Å². The standard InChI is InChI=1S/C24H28FN3O4/c1-4-28(14-16-11-12-20(31-3)18(25)13-16)15-19-21(23(29)32-5-2)22(27-24(30)26-19)17-9-7-6-8-10-17/h6-13,22H,4-5,14-15H2,1-3H3,(H2,26,27,30). The van der Waals surface area contributed by atoms with Crippen LogP contribution in [0.1, 0.15) is 31.0 Å². The van der Waals surface area contributed by atoms with Crippen molar-refractivity contribution in [3.05, 3.63) is 76.7 Å². The molecular formula is C24H28FN3O4. The van der Waals surface area contributed by atoms with Crippen molar-refractivity contribution in [3.8, 4) is 5.75 Å². The van der Waals surface area contributed by atoms with Gasteiger partial charge in [0.15, 0.2) is 11.6 Å². The minimum absolute atomic E-state index is 0.181. The van der Waals surface area contributed by atoms with Crippen LogP contribution in [0.3, 0.4) is 0 Å². The molecule has 2 N–H and O–H groups in total. The molecule has 1 aliphatic heterocycles. The van der Waals surface area contributed by atoms with E-state index < -0.39 is 23.9 Å². The number of nitrogens with one attached hydrogen (secondary N) is 2. The van der Waals surface area contributed by atoms with Gasteiger partial charge in [-0.25, -0.2) is 14.0 Å². The lowest BCUT2D eigenvalue weighted by atomic mass is 9.95. The zero-order valence-electron chi connectivity index (χ0n) is 18.5. The summed E-state index contributed by atoms with van der Waals surface area (Å²) in [5, 5.41) is 5.60. The maximum atomic E-state index is 14.1. The van der Waals surface area contributed by atoms with Crippen LogP contribution < -0.4 is 15.4 Å². The summed E-state index contributed by atoms with van der Waals surface area (Å²) in [6.07, 6.45) is 0. The molecule has 2 aromatic rings. The maximum absolute atomic E-state index is 14.1. The van der Waals surface area contributed by atoms with Gasteiger partial charge in [-0.3, -0.25) is 4.90 Å². The second-order valence-corrected chi connectivity index (χ2v) is 7.33. The Balaban J connectivity index is 1.93. The molecule has 1 atom stereocenters. The number of carbonyl (C=O) groups excluding carboxylic acids is 2. The second kappa shape index (κ2) is 10.8. The van der Waals surface area contributed by atoms with Gasteiger partial charge < -0.3 is 20.1 Å². The van der Waals surface area contributed by atoms with Gasteiger partial charge in [-0.05, 0) is 36.7 Å². The van der Waals surface area contributed by atoms with Gasteiger partial charge in [0, 0.05) is 18.8 Å². The number of methoxy groups -OCH3 is 1. The number of ether oxygens (including phenoxy) is 2. The molecule has 0 saturated carbocycles. The third kappa shape index (κ3) is 5.45. The fourth-order valence-corrected chi connectivity index (χ4v) is 3.66. The molecule has 8 heteroatoms. The summed E-state index contributed by atoms with van der Waals surface area (Å²) in [7, 11) is 1.42. The van der Waals surface area contributed by atoms with E-state index in [0.29, 0.717) is 24.4 Å². The Kier molecular flexibility index (Phi) is 7.83. The number of carbonyl (C=O) groups is 2. The molecule has 2 aromatic carbocycles. The number of hydrogen-bond donors (Lipinski definition) is 2. The first-order chi connectivity index (χ1) is 15.5. The number of benzene rings is 2. The van der Waals surface area contributed by atoms with E-state index in [0.717, 1.165) is 11.1 Å². The molecule has 3 rings (SSSR count). The minimum atomic E-state index is -0.629. The van der Waals surface area contributed by atoms with Gasteiger partial charge >= 0.3 is 12.0 Å². The highest BCUT2D eigenvalue weighted by Crippen LogP contribution is 2.28. The van der Waals surface area contributed by atoms with Gasteiger partial charge in [-0.2, -0.15) is 0 Å². The average molecular weight is 442 g/mol. The van der Waals surface area contributed by atoms with Crippen molar-refractivity contribution in [2.75, 3.05) is 26.8 Å². The fraction of sp³-hybridized carbons (Fsp3) is 0.333. The molecule has 32 heavy (non-hydrogen) atoms. The lowest BCUT2D eigenvalue weighted by molar-refractivity contribution is -0.139. The molecule has 0 radical (unpaired) electrons. The number of hydrogen-bond acceptors (Lipinski definition) is 5. The predicted molar refractivity (Wildman–Crippen MR) is 118 cm³/mol. The quantitative estimate of drug-likeness (QED) is 0.582. The first kappa shape index (κ1) is 23.3. The number of amides is 2. The molecule has 0 aliphatic carbocycles. The van der Waals surface area contributed by atoms with Crippen LogP contribution in [0.2, 0.25) is 0 Å². The molecule has 1 unspecified atom stereocenters. The fourth-order valence-electron chi connectivity index (χ4n) is 3.66. The van der Waals surface area contributed by atoms with Crippen molar-refractivity contribution in [1.82, 2.24) is 15.5 Å². The molecule has 0 spiro atoms. The first-order valence-corrected chi connectivity index (χ1v) is 10.5. The van der Waals surface area contributed by atoms with E-state index in [-0.39, 0.29) is 18.9 Å². The van der Waals surface area contributed by atoms with Crippen LogP contribution in [0.4, 0.5) is 9.18 Å². The number of urea groups is 1. The predicted octanol–water partition coefficient (Wildman–Crippen LogP) is 3.53. The van der Waals surface area contributed by atoms with Crippen LogP contribution in [0, 0.1) is 5.82 Å². The van der Waals surface area contributed by atoms with Gasteiger partial charge in [0.25, 0.3) is 0 Å². The van der Waals surface area contributed by atoms with Crippen molar-refractivity contribution in [3.63, 3.8) is 0 Å². The summed E-state index contributed by atoms with van der Waals surface area (Å²) < 4.78 is 24.4. The van der Waals surface area contributed by atoms with E-state index in [1.807, 2.05) is 42.2 Å². The molecule has 1 heterocycles. The van der Waals surface area contributed by atoms with E-state index in [2.05, 4.69) is 10.6 Å². The maximum Gasteiger partial charge on any atom is 0.338 e. The van der Waals surface area contributed by atoms with Crippen LogP contribution in [0.15, 0.2) is 59.8 Å². The third-order valence-electron chi connectivity index (χ3n) is 5.23. The average Bonchev–Trinajstić information content (AvgIpc) is 2.79. The number of nitrogens with zero attached hydrogens (tertiary/aromatic N) is 1. The second-order valence-electron chi connectivity index (χ2n) is 7.33. The Morgan fingerprint density at radius 2 is 1.88 bits per heavy atom. The van der Waals surface area contributed by atoms with E-state index in [4.69, 9.17) is 9.47 Å². The normalized spacial score (nSPS) is 15.9. The number of rotatable bonds is 9. The van der Waals surface area contributed by atoms with E-state index in [1.165, 1.54) is 13.2 Å². The van der Waals surface area contributed by atoms with Crippen LogP contribution in [0.25, 0.3) is 0 Å². The number of likely N-dealkylation sites (N-methyl/N-ethyl adjacent to an activating group) is 1. The van der Waals surface area contributed by atoms with Crippen molar-refractivity contribution in [2.45, 2.75) is 26.4 Å². The van der Waals surface area contributed by atoms with Gasteiger partial charge in [0.05, 0.1) is 25.3 Å². The summed E-state index contributed by atoms with van der Waals surface area (Å²) in [5.41, 5.74) is 2.36.